The summed E-state index contributed by atoms with van der Waals surface area (Å²) in [4.78, 5) is 16.5. The summed E-state index contributed by atoms with van der Waals surface area (Å²) in [6.07, 6.45) is 2.45. The third-order valence-corrected chi connectivity index (χ3v) is 3.83. The number of amides is 1. The normalized spacial score (nSPS) is 29.9. The molecule has 2 rings (SSSR count). The molecule has 4 heteroatoms. The maximum absolute atomic E-state index is 12.1. The lowest BCUT2D eigenvalue weighted by molar-refractivity contribution is 0.0280. The first-order valence-corrected chi connectivity index (χ1v) is 7.09. The Kier molecular flexibility index (Phi) is 3.85. The van der Waals surface area contributed by atoms with Gasteiger partial charge >= 0.3 is 6.09 Å². The first kappa shape index (κ1) is 13.7. The molecule has 1 amide bonds. The van der Waals surface area contributed by atoms with Crippen LogP contribution in [-0.2, 0) is 4.74 Å². The molecule has 0 aromatic carbocycles. The standard InChI is InChI=1S/C14H26N2O2/c1-11-9-16(13(17)18-14(2,3)4)10-12(11)15-7-5-6-8-15/h11-12H,5-10H2,1-4H3. The highest BCUT2D eigenvalue weighted by Gasteiger charge is 2.38. The van der Waals surface area contributed by atoms with Crippen molar-refractivity contribution in [1.29, 1.82) is 0 Å². The van der Waals surface area contributed by atoms with Crippen molar-refractivity contribution in [3.05, 3.63) is 0 Å². The van der Waals surface area contributed by atoms with Gasteiger partial charge in [0.1, 0.15) is 5.60 Å². The Morgan fingerprint density at radius 1 is 1.17 bits per heavy atom. The first-order chi connectivity index (χ1) is 8.37. The van der Waals surface area contributed by atoms with Gasteiger partial charge in [-0.25, -0.2) is 4.79 Å². The van der Waals surface area contributed by atoms with Crippen LogP contribution in [-0.4, -0.2) is 53.7 Å². The van der Waals surface area contributed by atoms with Crippen LogP contribution in [0.25, 0.3) is 0 Å². The lowest BCUT2D eigenvalue weighted by Gasteiger charge is -2.27. The van der Waals surface area contributed by atoms with Gasteiger partial charge in [0.2, 0.25) is 0 Å². The maximum atomic E-state index is 12.1. The second-order valence-electron chi connectivity index (χ2n) is 6.67. The number of carbonyl (C=O) groups is 1. The molecule has 2 aliphatic rings. The van der Waals surface area contributed by atoms with Crippen molar-refractivity contribution < 1.29 is 9.53 Å². The van der Waals surface area contributed by atoms with Crippen molar-refractivity contribution in [1.82, 2.24) is 9.80 Å². The number of ether oxygens (including phenoxy) is 1. The van der Waals surface area contributed by atoms with E-state index in [-0.39, 0.29) is 6.09 Å². The molecule has 0 spiro atoms. The van der Waals surface area contributed by atoms with Crippen molar-refractivity contribution in [3.8, 4) is 0 Å². The van der Waals surface area contributed by atoms with Gasteiger partial charge in [-0.05, 0) is 52.6 Å². The number of nitrogens with zero attached hydrogens (tertiary/aromatic N) is 2. The largest absolute Gasteiger partial charge is 0.444 e. The predicted molar refractivity (Wildman–Crippen MR) is 71.6 cm³/mol. The number of hydrogen-bond acceptors (Lipinski definition) is 3. The molecule has 2 unspecified atom stereocenters. The van der Waals surface area contributed by atoms with Gasteiger partial charge in [0, 0.05) is 19.1 Å². The summed E-state index contributed by atoms with van der Waals surface area (Å²) in [7, 11) is 0. The van der Waals surface area contributed by atoms with Crippen molar-refractivity contribution in [2.75, 3.05) is 26.2 Å². The third-order valence-electron chi connectivity index (χ3n) is 3.83. The van der Waals surface area contributed by atoms with Gasteiger partial charge in [-0.15, -0.1) is 0 Å². The van der Waals surface area contributed by atoms with Crippen molar-refractivity contribution in [3.63, 3.8) is 0 Å². The Morgan fingerprint density at radius 3 is 2.33 bits per heavy atom. The SMILES string of the molecule is CC1CN(C(=O)OC(C)(C)C)CC1N1CCCC1. The summed E-state index contributed by atoms with van der Waals surface area (Å²) < 4.78 is 5.45. The van der Waals surface area contributed by atoms with Gasteiger partial charge in [0.25, 0.3) is 0 Å². The lowest BCUT2D eigenvalue weighted by atomic mass is 10.1. The van der Waals surface area contributed by atoms with Crippen LogP contribution in [0.2, 0.25) is 0 Å². The predicted octanol–water partition coefficient (Wildman–Crippen LogP) is 2.34. The molecule has 0 saturated carbocycles. The molecule has 18 heavy (non-hydrogen) atoms. The molecule has 0 aliphatic carbocycles. The molecule has 0 aromatic rings. The van der Waals surface area contributed by atoms with Crippen LogP contribution < -0.4 is 0 Å². The fraction of sp³-hybridized carbons (Fsp3) is 0.929. The van der Waals surface area contributed by atoms with Crippen LogP contribution in [0.5, 0.6) is 0 Å². The van der Waals surface area contributed by atoms with E-state index in [2.05, 4.69) is 11.8 Å². The van der Waals surface area contributed by atoms with Crippen LogP contribution in [0.4, 0.5) is 4.79 Å². The van der Waals surface area contributed by atoms with Gasteiger partial charge in [-0.1, -0.05) is 6.92 Å². The van der Waals surface area contributed by atoms with E-state index in [0.717, 1.165) is 13.1 Å². The first-order valence-electron chi connectivity index (χ1n) is 7.09. The molecule has 0 aromatic heterocycles. The summed E-state index contributed by atoms with van der Waals surface area (Å²) in [5.74, 6) is 0.551. The van der Waals surface area contributed by atoms with Gasteiger partial charge in [-0.3, -0.25) is 4.90 Å². The molecule has 2 heterocycles. The number of carbonyl (C=O) groups excluding carboxylic acids is 1. The number of hydrogen-bond donors (Lipinski definition) is 0. The highest BCUT2D eigenvalue weighted by Crippen LogP contribution is 2.26. The average molecular weight is 254 g/mol. The minimum atomic E-state index is -0.397. The summed E-state index contributed by atoms with van der Waals surface area (Å²) >= 11 is 0. The molecule has 2 fully saturated rings. The molecule has 104 valence electrons. The van der Waals surface area contributed by atoms with E-state index < -0.39 is 5.60 Å². The highest BCUT2D eigenvalue weighted by molar-refractivity contribution is 5.68. The summed E-state index contributed by atoms with van der Waals surface area (Å²) in [6.45, 7) is 12.0. The highest BCUT2D eigenvalue weighted by atomic mass is 16.6. The third kappa shape index (κ3) is 3.16. The Bertz CT molecular complexity index is 305. The number of rotatable bonds is 1. The van der Waals surface area contributed by atoms with Crippen LogP contribution in [0.3, 0.4) is 0 Å². The minimum Gasteiger partial charge on any atom is -0.444 e. The Balaban J connectivity index is 1.91. The number of likely N-dealkylation sites (tertiary alicyclic amines) is 2. The molecular weight excluding hydrogens is 228 g/mol. The summed E-state index contributed by atoms with van der Waals surface area (Å²) in [6, 6.07) is 0.528. The van der Waals surface area contributed by atoms with Gasteiger partial charge in [0.05, 0.1) is 0 Å². The molecule has 2 saturated heterocycles. The zero-order valence-electron chi connectivity index (χ0n) is 12.1. The van der Waals surface area contributed by atoms with E-state index in [1.165, 1.54) is 25.9 Å². The minimum absolute atomic E-state index is 0.156. The van der Waals surface area contributed by atoms with E-state index in [9.17, 15) is 4.79 Å². The van der Waals surface area contributed by atoms with Gasteiger partial charge in [0.15, 0.2) is 0 Å². The molecular formula is C14H26N2O2. The fourth-order valence-corrected chi connectivity index (χ4v) is 2.97. The molecule has 4 nitrogen and oxygen atoms in total. The molecule has 2 atom stereocenters. The zero-order valence-corrected chi connectivity index (χ0v) is 12.1. The van der Waals surface area contributed by atoms with Gasteiger partial charge < -0.3 is 9.64 Å². The fourth-order valence-electron chi connectivity index (χ4n) is 2.97. The molecule has 0 bridgehead atoms. The van der Waals surface area contributed by atoms with Crippen LogP contribution in [0.1, 0.15) is 40.5 Å². The summed E-state index contributed by atoms with van der Waals surface area (Å²) in [5.41, 5.74) is -0.397. The van der Waals surface area contributed by atoms with Crippen molar-refractivity contribution in [2.24, 2.45) is 5.92 Å². The van der Waals surface area contributed by atoms with Crippen LogP contribution >= 0.6 is 0 Å². The monoisotopic (exact) mass is 254 g/mol. The van der Waals surface area contributed by atoms with Gasteiger partial charge in [-0.2, -0.15) is 0 Å². The van der Waals surface area contributed by atoms with E-state index in [1.54, 1.807) is 0 Å². The molecule has 0 radical (unpaired) electrons. The Morgan fingerprint density at radius 2 is 1.78 bits per heavy atom. The zero-order chi connectivity index (χ0) is 13.3. The van der Waals surface area contributed by atoms with Crippen molar-refractivity contribution in [2.45, 2.75) is 52.2 Å². The molecule has 2 aliphatic heterocycles. The second kappa shape index (κ2) is 5.08. The molecule has 0 N–H and O–H groups in total. The summed E-state index contributed by atoms with van der Waals surface area (Å²) in [5, 5.41) is 0. The van der Waals surface area contributed by atoms with E-state index >= 15 is 0 Å². The van der Waals surface area contributed by atoms with Crippen molar-refractivity contribution >= 4 is 6.09 Å². The van der Waals surface area contributed by atoms with E-state index in [4.69, 9.17) is 4.74 Å². The lowest BCUT2D eigenvalue weighted by Crippen LogP contribution is -2.40. The Labute approximate surface area is 110 Å². The van der Waals surface area contributed by atoms with E-state index in [1.807, 2.05) is 25.7 Å². The maximum Gasteiger partial charge on any atom is 0.410 e. The smallest absolute Gasteiger partial charge is 0.410 e. The van der Waals surface area contributed by atoms with E-state index in [0.29, 0.717) is 12.0 Å². The average Bonchev–Trinajstić information content (AvgIpc) is 2.82. The van der Waals surface area contributed by atoms with Crippen LogP contribution in [0.15, 0.2) is 0 Å². The Hall–Kier alpha value is -0.770. The second-order valence-corrected chi connectivity index (χ2v) is 6.67. The van der Waals surface area contributed by atoms with Crippen LogP contribution in [0, 0.1) is 5.92 Å². The quantitative estimate of drug-likeness (QED) is 0.720. The topological polar surface area (TPSA) is 32.8 Å².